The van der Waals surface area contributed by atoms with Gasteiger partial charge in [-0.1, -0.05) is 19.9 Å². The molecule has 1 N–H and O–H groups in total. The molecule has 96 valence electrons. The van der Waals surface area contributed by atoms with Gasteiger partial charge in [0.05, 0.1) is 0 Å². The van der Waals surface area contributed by atoms with Crippen LogP contribution in [0.15, 0.2) is 18.2 Å². The molecule has 0 aliphatic heterocycles. The zero-order valence-electron chi connectivity index (χ0n) is 11.2. The fourth-order valence-corrected chi connectivity index (χ4v) is 2.07. The van der Waals surface area contributed by atoms with Crippen LogP contribution in [0.5, 0.6) is 0 Å². The first-order chi connectivity index (χ1) is 8.17. The SMILES string of the molecule is CCCNC(CC)CCc1ccc(F)cc1C. The van der Waals surface area contributed by atoms with E-state index in [1.807, 2.05) is 13.0 Å². The normalized spacial score (nSPS) is 12.7. The summed E-state index contributed by atoms with van der Waals surface area (Å²) in [5.41, 5.74) is 2.33. The molecule has 1 aromatic carbocycles. The molecule has 1 unspecified atom stereocenters. The molecule has 0 spiro atoms. The van der Waals surface area contributed by atoms with Gasteiger partial charge in [0.1, 0.15) is 5.82 Å². The number of hydrogen-bond acceptors (Lipinski definition) is 1. The zero-order chi connectivity index (χ0) is 12.7. The molecule has 0 amide bonds. The quantitative estimate of drug-likeness (QED) is 0.759. The van der Waals surface area contributed by atoms with Crippen LogP contribution in [0.2, 0.25) is 0 Å². The van der Waals surface area contributed by atoms with Gasteiger partial charge in [0, 0.05) is 6.04 Å². The number of hydrogen-bond donors (Lipinski definition) is 1. The minimum atomic E-state index is -0.137. The highest BCUT2D eigenvalue weighted by Crippen LogP contribution is 2.14. The Morgan fingerprint density at radius 3 is 2.65 bits per heavy atom. The van der Waals surface area contributed by atoms with Gasteiger partial charge >= 0.3 is 0 Å². The maximum absolute atomic E-state index is 13.0. The van der Waals surface area contributed by atoms with Crippen molar-refractivity contribution >= 4 is 0 Å². The van der Waals surface area contributed by atoms with Gasteiger partial charge in [0.2, 0.25) is 0 Å². The summed E-state index contributed by atoms with van der Waals surface area (Å²) in [5, 5.41) is 3.55. The van der Waals surface area contributed by atoms with Crippen LogP contribution in [0.3, 0.4) is 0 Å². The van der Waals surface area contributed by atoms with E-state index in [2.05, 4.69) is 19.2 Å². The molecule has 1 atom stereocenters. The number of halogens is 1. The molecule has 0 radical (unpaired) electrons. The highest BCUT2D eigenvalue weighted by atomic mass is 19.1. The van der Waals surface area contributed by atoms with E-state index in [0.717, 1.165) is 31.4 Å². The minimum absolute atomic E-state index is 0.137. The lowest BCUT2D eigenvalue weighted by Gasteiger charge is -2.17. The van der Waals surface area contributed by atoms with Gasteiger partial charge in [-0.25, -0.2) is 4.39 Å². The molecular weight excluding hydrogens is 213 g/mol. The van der Waals surface area contributed by atoms with Gasteiger partial charge in [0.25, 0.3) is 0 Å². The molecule has 0 aliphatic rings. The molecule has 1 aromatic rings. The van der Waals surface area contributed by atoms with Crippen molar-refractivity contribution in [1.82, 2.24) is 5.32 Å². The molecule has 2 heteroatoms. The highest BCUT2D eigenvalue weighted by molar-refractivity contribution is 5.26. The smallest absolute Gasteiger partial charge is 0.123 e. The molecule has 0 fully saturated rings. The summed E-state index contributed by atoms with van der Waals surface area (Å²) in [6.45, 7) is 7.47. The van der Waals surface area contributed by atoms with Crippen molar-refractivity contribution in [2.24, 2.45) is 0 Å². The van der Waals surface area contributed by atoms with Crippen LogP contribution in [0, 0.1) is 12.7 Å². The Morgan fingerprint density at radius 1 is 1.29 bits per heavy atom. The molecule has 0 aromatic heterocycles. The van der Waals surface area contributed by atoms with Crippen LogP contribution in [0.25, 0.3) is 0 Å². The first-order valence-electron chi connectivity index (χ1n) is 6.65. The summed E-state index contributed by atoms with van der Waals surface area (Å²) in [6, 6.07) is 5.68. The van der Waals surface area contributed by atoms with Crippen LogP contribution in [0.4, 0.5) is 4.39 Å². The second kappa shape index (κ2) is 7.44. The Bertz CT molecular complexity index is 336. The zero-order valence-corrected chi connectivity index (χ0v) is 11.2. The molecule has 0 saturated heterocycles. The Kier molecular flexibility index (Phi) is 6.20. The second-order valence-corrected chi connectivity index (χ2v) is 4.67. The van der Waals surface area contributed by atoms with Gasteiger partial charge in [0.15, 0.2) is 0 Å². The molecule has 17 heavy (non-hydrogen) atoms. The number of rotatable bonds is 7. The van der Waals surface area contributed by atoms with E-state index in [1.54, 1.807) is 12.1 Å². The average Bonchev–Trinajstić information content (AvgIpc) is 2.31. The molecule has 1 rings (SSSR count). The first-order valence-corrected chi connectivity index (χ1v) is 6.65. The van der Waals surface area contributed by atoms with Crippen molar-refractivity contribution < 1.29 is 4.39 Å². The van der Waals surface area contributed by atoms with Gasteiger partial charge in [-0.05, 0) is 62.4 Å². The number of nitrogens with one attached hydrogen (secondary N) is 1. The van der Waals surface area contributed by atoms with Crippen molar-refractivity contribution in [3.63, 3.8) is 0 Å². The molecule has 0 aliphatic carbocycles. The van der Waals surface area contributed by atoms with E-state index in [0.29, 0.717) is 6.04 Å². The van der Waals surface area contributed by atoms with E-state index in [9.17, 15) is 4.39 Å². The summed E-state index contributed by atoms with van der Waals surface area (Å²) < 4.78 is 13.0. The van der Waals surface area contributed by atoms with Crippen LogP contribution < -0.4 is 5.32 Å². The van der Waals surface area contributed by atoms with Crippen LogP contribution in [-0.2, 0) is 6.42 Å². The third-order valence-electron chi connectivity index (χ3n) is 3.24. The van der Waals surface area contributed by atoms with Crippen molar-refractivity contribution in [2.75, 3.05) is 6.54 Å². The topological polar surface area (TPSA) is 12.0 Å². The third-order valence-corrected chi connectivity index (χ3v) is 3.24. The Hall–Kier alpha value is -0.890. The lowest BCUT2D eigenvalue weighted by Crippen LogP contribution is -2.29. The average molecular weight is 237 g/mol. The van der Waals surface area contributed by atoms with E-state index in [-0.39, 0.29) is 5.82 Å². The minimum Gasteiger partial charge on any atom is -0.314 e. The fraction of sp³-hybridized carbons (Fsp3) is 0.600. The monoisotopic (exact) mass is 237 g/mol. The number of aryl methyl sites for hydroxylation is 2. The first kappa shape index (κ1) is 14.2. The summed E-state index contributed by atoms with van der Waals surface area (Å²) in [5.74, 6) is -0.137. The lowest BCUT2D eigenvalue weighted by atomic mass is 10.00. The van der Waals surface area contributed by atoms with E-state index >= 15 is 0 Å². The van der Waals surface area contributed by atoms with E-state index in [1.165, 1.54) is 12.0 Å². The number of benzene rings is 1. The van der Waals surface area contributed by atoms with Crippen LogP contribution >= 0.6 is 0 Å². The maximum Gasteiger partial charge on any atom is 0.123 e. The highest BCUT2D eigenvalue weighted by Gasteiger charge is 2.06. The summed E-state index contributed by atoms with van der Waals surface area (Å²) >= 11 is 0. The van der Waals surface area contributed by atoms with Gasteiger partial charge in [-0.2, -0.15) is 0 Å². The predicted molar refractivity (Wildman–Crippen MR) is 71.8 cm³/mol. The molecule has 1 nitrogen and oxygen atoms in total. The third kappa shape index (κ3) is 4.86. The van der Waals surface area contributed by atoms with Crippen LogP contribution in [-0.4, -0.2) is 12.6 Å². The summed E-state index contributed by atoms with van der Waals surface area (Å²) in [6.07, 6.45) is 4.48. The largest absolute Gasteiger partial charge is 0.314 e. The Balaban J connectivity index is 2.47. The van der Waals surface area contributed by atoms with Gasteiger partial charge < -0.3 is 5.32 Å². The van der Waals surface area contributed by atoms with Crippen LogP contribution in [0.1, 0.15) is 44.2 Å². The molecule has 0 bridgehead atoms. The second-order valence-electron chi connectivity index (χ2n) is 4.67. The summed E-state index contributed by atoms with van der Waals surface area (Å²) in [4.78, 5) is 0. The van der Waals surface area contributed by atoms with Gasteiger partial charge in [-0.3, -0.25) is 0 Å². The lowest BCUT2D eigenvalue weighted by molar-refractivity contribution is 0.468. The van der Waals surface area contributed by atoms with Crippen molar-refractivity contribution in [3.8, 4) is 0 Å². The standard InChI is InChI=1S/C15H24FN/c1-4-10-17-15(5-2)9-7-13-6-8-14(16)11-12(13)3/h6,8,11,15,17H,4-5,7,9-10H2,1-3H3. The maximum atomic E-state index is 13.0. The predicted octanol–water partition coefficient (Wildman–Crippen LogP) is 3.84. The van der Waals surface area contributed by atoms with Crippen molar-refractivity contribution in [3.05, 3.63) is 35.1 Å². The van der Waals surface area contributed by atoms with Gasteiger partial charge in [-0.15, -0.1) is 0 Å². The molecule has 0 saturated carbocycles. The van der Waals surface area contributed by atoms with Crippen molar-refractivity contribution in [1.29, 1.82) is 0 Å². The van der Waals surface area contributed by atoms with Crippen molar-refractivity contribution in [2.45, 2.75) is 52.5 Å². The van der Waals surface area contributed by atoms with E-state index in [4.69, 9.17) is 0 Å². The van der Waals surface area contributed by atoms with E-state index < -0.39 is 0 Å². The molecular formula is C15H24FN. The Labute approximate surface area is 104 Å². The molecule has 0 heterocycles. The fourth-order valence-electron chi connectivity index (χ4n) is 2.07. The summed E-state index contributed by atoms with van der Waals surface area (Å²) in [7, 11) is 0. The Morgan fingerprint density at radius 2 is 2.06 bits per heavy atom.